The first kappa shape index (κ1) is 26.0. The predicted molar refractivity (Wildman–Crippen MR) is 159 cm³/mol. The molecule has 0 spiro atoms. The van der Waals surface area contributed by atoms with E-state index in [-0.39, 0.29) is 6.03 Å². The van der Waals surface area contributed by atoms with E-state index in [4.69, 9.17) is 20.3 Å². The Hall–Kier alpha value is -5.23. The smallest absolute Gasteiger partial charge is 0.321 e. The van der Waals surface area contributed by atoms with Crippen molar-refractivity contribution in [3.8, 4) is 11.8 Å². The number of fused-ring (bicyclic) bond motifs is 1. The fraction of sp³-hybridized carbons (Fsp3) is 0.219. The monoisotopic (exact) mass is 542 g/mol. The standard InChI is InChI=1S/C32H30N8O/c1-23-29-30(38-17-8-18-39(20-19-38)32(41)34-26-15-13-25(22-33)14-16-26)35-28(21-24-9-4-2-5-10-24)36-31(29)40(37-23)27-11-6-3-7-12-27/h2-7,9-16H,8,17-21H2,1H3,(H,34,41). The highest BCUT2D eigenvalue weighted by Gasteiger charge is 2.25. The van der Waals surface area contributed by atoms with Crippen LogP contribution < -0.4 is 10.2 Å². The molecule has 3 heterocycles. The molecule has 1 N–H and O–H groups in total. The molecular formula is C32H30N8O. The number of para-hydroxylation sites is 1. The van der Waals surface area contributed by atoms with Crippen LogP contribution in [0.1, 0.15) is 29.1 Å². The van der Waals surface area contributed by atoms with Crippen molar-refractivity contribution in [2.24, 2.45) is 0 Å². The van der Waals surface area contributed by atoms with Gasteiger partial charge in [0.2, 0.25) is 0 Å². The van der Waals surface area contributed by atoms with Crippen LogP contribution in [-0.4, -0.2) is 56.9 Å². The molecule has 0 atom stereocenters. The van der Waals surface area contributed by atoms with Gasteiger partial charge in [-0.25, -0.2) is 19.4 Å². The van der Waals surface area contributed by atoms with E-state index in [1.165, 1.54) is 0 Å². The average molecular weight is 543 g/mol. The van der Waals surface area contributed by atoms with E-state index in [0.717, 1.165) is 52.6 Å². The molecule has 2 amide bonds. The number of benzene rings is 3. The van der Waals surface area contributed by atoms with Crippen LogP contribution in [0, 0.1) is 18.3 Å². The molecule has 2 aromatic heterocycles. The third-order valence-electron chi connectivity index (χ3n) is 7.28. The zero-order chi connectivity index (χ0) is 28.2. The Balaban J connectivity index is 1.31. The van der Waals surface area contributed by atoms with Gasteiger partial charge in [-0.15, -0.1) is 0 Å². The number of hydrogen-bond acceptors (Lipinski definition) is 6. The Labute approximate surface area is 238 Å². The largest absolute Gasteiger partial charge is 0.354 e. The molecule has 9 heteroatoms. The third kappa shape index (κ3) is 5.58. The molecule has 0 saturated carbocycles. The second-order valence-electron chi connectivity index (χ2n) is 10.1. The molecule has 6 rings (SSSR count). The second kappa shape index (κ2) is 11.5. The number of hydrogen-bond donors (Lipinski definition) is 1. The Bertz CT molecular complexity index is 1710. The van der Waals surface area contributed by atoms with E-state index in [0.29, 0.717) is 37.3 Å². The molecule has 41 heavy (non-hydrogen) atoms. The summed E-state index contributed by atoms with van der Waals surface area (Å²) in [5.74, 6) is 1.59. The number of nitriles is 1. The van der Waals surface area contributed by atoms with Gasteiger partial charge in [0.15, 0.2) is 5.65 Å². The Morgan fingerprint density at radius 2 is 1.63 bits per heavy atom. The first-order valence-electron chi connectivity index (χ1n) is 13.8. The summed E-state index contributed by atoms with van der Waals surface area (Å²) in [6, 6.07) is 29.1. The van der Waals surface area contributed by atoms with Gasteiger partial charge in [-0.2, -0.15) is 10.4 Å². The SMILES string of the molecule is Cc1nn(-c2ccccc2)c2nc(Cc3ccccc3)nc(N3CCCN(C(=O)Nc4ccc(C#N)cc4)CC3)c12. The molecular weight excluding hydrogens is 512 g/mol. The van der Waals surface area contributed by atoms with Crippen LogP contribution in [-0.2, 0) is 6.42 Å². The summed E-state index contributed by atoms with van der Waals surface area (Å²) in [7, 11) is 0. The van der Waals surface area contributed by atoms with E-state index in [2.05, 4.69) is 28.4 Å². The fourth-order valence-electron chi connectivity index (χ4n) is 5.20. The molecule has 1 fully saturated rings. The summed E-state index contributed by atoms with van der Waals surface area (Å²) < 4.78 is 1.90. The number of carbonyl (C=O) groups is 1. The number of amides is 2. The van der Waals surface area contributed by atoms with Crippen LogP contribution in [0.5, 0.6) is 0 Å². The minimum absolute atomic E-state index is 0.151. The fourth-order valence-corrected chi connectivity index (χ4v) is 5.20. The Kier molecular flexibility index (Phi) is 7.28. The first-order valence-corrected chi connectivity index (χ1v) is 13.8. The van der Waals surface area contributed by atoms with Crippen molar-refractivity contribution in [3.05, 3.63) is 108 Å². The van der Waals surface area contributed by atoms with Crippen LogP contribution >= 0.6 is 0 Å². The lowest BCUT2D eigenvalue weighted by molar-refractivity contribution is 0.215. The molecule has 1 saturated heterocycles. The van der Waals surface area contributed by atoms with Crippen molar-refractivity contribution < 1.29 is 4.79 Å². The van der Waals surface area contributed by atoms with Crippen LogP contribution in [0.25, 0.3) is 16.7 Å². The van der Waals surface area contributed by atoms with E-state index in [1.807, 2.05) is 65.0 Å². The number of rotatable bonds is 5. The maximum atomic E-state index is 13.1. The third-order valence-corrected chi connectivity index (χ3v) is 7.28. The summed E-state index contributed by atoms with van der Waals surface area (Å²) in [6.07, 6.45) is 1.40. The summed E-state index contributed by atoms with van der Waals surface area (Å²) in [5, 5.41) is 17.8. The van der Waals surface area contributed by atoms with Gasteiger partial charge in [-0.05, 0) is 55.3 Å². The predicted octanol–water partition coefficient (Wildman–Crippen LogP) is 5.33. The highest BCUT2D eigenvalue weighted by molar-refractivity contribution is 5.91. The summed E-state index contributed by atoms with van der Waals surface area (Å²) >= 11 is 0. The topological polar surface area (TPSA) is 103 Å². The van der Waals surface area contributed by atoms with Crippen molar-refractivity contribution >= 4 is 28.6 Å². The molecule has 0 radical (unpaired) electrons. The number of aryl methyl sites for hydroxylation is 1. The normalized spacial score (nSPS) is 13.6. The van der Waals surface area contributed by atoms with Gasteiger partial charge < -0.3 is 15.1 Å². The van der Waals surface area contributed by atoms with Crippen LogP contribution in [0.15, 0.2) is 84.9 Å². The number of anilines is 2. The summed E-state index contributed by atoms with van der Waals surface area (Å²) in [5.41, 5.74) is 4.96. The number of nitrogens with zero attached hydrogens (tertiary/aromatic N) is 7. The van der Waals surface area contributed by atoms with Gasteiger partial charge in [0.05, 0.1) is 28.4 Å². The molecule has 9 nitrogen and oxygen atoms in total. The minimum Gasteiger partial charge on any atom is -0.354 e. The Morgan fingerprint density at radius 1 is 0.902 bits per heavy atom. The highest BCUT2D eigenvalue weighted by atomic mass is 16.2. The molecule has 1 aliphatic rings. The highest BCUT2D eigenvalue weighted by Crippen LogP contribution is 2.30. The van der Waals surface area contributed by atoms with Crippen molar-refractivity contribution in [1.29, 1.82) is 5.26 Å². The molecule has 0 unspecified atom stereocenters. The summed E-state index contributed by atoms with van der Waals surface area (Å²) in [4.78, 5) is 27.3. The molecule has 3 aromatic carbocycles. The van der Waals surface area contributed by atoms with Crippen molar-refractivity contribution in [2.75, 3.05) is 36.4 Å². The number of urea groups is 1. The lowest BCUT2D eigenvalue weighted by Gasteiger charge is -2.24. The molecule has 0 aliphatic carbocycles. The molecule has 5 aromatic rings. The lowest BCUT2D eigenvalue weighted by atomic mass is 10.1. The maximum Gasteiger partial charge on any atom is 0.321 e. The van der Waals surface area contributed by atoms with Gasteiger partial charge in [0.25, 0.3) is 0 Å². The average Bonchev–Trinajstić information content (AvgIpc) is 3.17. The van der Waals surface area contributed by atoms with Gasteiger partial charge in [0.1, 0.15) is 11.6 Å². The van der Waals surface area contributed by atoms with Gasteiger partial charge >= 0.3 is 6.03 Å². The number of carbonyl (C=O) groups excluding carboxylic acids is 1. The van der Waals surface area contributed by atoms with Crippen LogP contribution in [0.3, 0.4) is 0 Å². The van der Waals surface area contributed by atoms with E-state index in [1.54, 1.807) is 24.3 Å². The van der Waals surface area contributed by atoms with Gasteiger partial charge in [-0.1, -0.05) is 48.5 Å². The number of aromatic nitrogens is 4. The van der Waals surface area contributed by atoms with E-state index >= 15 is 0 Å². The van der Waals surface area contributed by atoms with Crippen molar-refractivity contribution in [1.82, 2.24) is 24.6 Å². The second-order valence-corrected chi connectivity index (χ2v) is 10.1. The zero-order valence-corrected chi connectivity index (χ0v) is 22.9. The molecule has 0 bridgehead atoms. The first-order chi connectivity index (χ1) is 20.1. The van der Waals surface area contributed by atoms with Crippen molar-refractivity contribution in [2.45, 2.75) is 19.8 Å². The maximum absolute atomic E-state index is 13.1. The van der Waals surface area contributed by atoms with Gasteiger partial charge in [-0.3, -0.25) is 0 Å². The van der Waals surface area contributed by atoms with Gasteiger partial charge in [0, 0.05) is 38.3 Å². The van der Waals surface area contributed by atoms with E-state index < -0.39 is 0 Å². The van der Waals surface area contributed by atoms with Crippen LogP contribution in [0.4, 0.5) is 16.3 Å². The molecule has 204 valence electrons. The van der Waals surface area contributed by atoms with Crippen LogP contribution in [0.2, 0.25) is 0 Å². The lowest BCUT2D eigenvalue weighted by Crippen LogP contribution is -2.38. The zero-order valence-electron chi connectivity index (χ0n) is 22.9. The number of nitrogens with one attached hydrogen (secondary N) is 1. The quantitative estimate of drug-likeness (QED) is 0.322. The minimum atomic E-state index is -0.151. The summed E-state index contributed by atoms with van der Waals surface area (Å²) in [6.45, 7) is 4.57. The molecule has 1 aliphatic heterocycles. The van der Waals surface area contributed by atoms with Crippen molar-refractivity contribution in [3.63, 3.8) is 0 Å². The van der Waals surface area contributed by atoms with E-state index in [9.17, 15) is 4.79 Å². The Morgan fingerprint density at radius 3 is 2.37 bits per heavy atom.